The van der Waals surface area contributed by atoms with Gasteiger partial charge in [-0.15, -0.1) is 0 Å². The first kappa shape index (κ1) is 12.2. The molecule has 0 aliphatic heterocycles. The minimum absolute atomic E-state index is 0.114. The maximum absolute atomic E-state index is 11.5. The summed E-state index contributed by atoms with van der Waals surface area (Å²) in [7, 11) is 0. The minimum Gasteiger partial charge on any atom is -0.312 e. The van der Waals surface area contributed by atoms with E-state index in [1.807, 2.05) is 25.8 Å². The van der Waals surface area contributed by atoms with Crippen molar-refractivity contribution in [3.05, 3.63) is 26.9 Å². The van der Waals surface area contributed by atoms with E-state index < -0.39 is 11.2 Å². The molecule has 0 aromatic carbocycles. The monoisotopic (exact) mass is 225 g/mol. The van der Waals surface area contributed by atoms with Gasteiger partial charge >= 0.3 is 5.69 Å². The van der Waals surface area contributed by atoms with Crippen LogP contribution in [0.15, 0.2) is 15.7 Å². The zero-order valence-corrected chi connectivity index (χ0v) is 9.51. The minimum atomic E-state index is -0.640. The first-order chi connectivity index (χ1) is 7.26. The number of carbonyl (C=O) groups excluding carboxylic acids is 1. The number of amides is 1. The average molecular weight is 225 g/mol. The van der Waals surface area contributed by atoms with Crippen molar-refractivity contribution >= 4 is 11.7 Å². The van der Waals surface area contributed by atoms with E-state index >= 15 is 0 Å². The molecule has 1 aromatic rings. The Balaban J connectivity index is 2.78. The van der Waals surface area contributed by atoms with Crippen LogP contribution >= 0.6 is 0 Å². The molecule has 0 aliphatic rings. The molecule has 0 unspecified atom stereocenters. The molecule has 1 heterocycles. The Hall–Kier alpha value is -1.85. The van der Waals surface area contributed by atoms with E-state index in [2.05, 4.69) is 10.3 Å². The molecule has 6 heteroatoms. The molecule has 0 aliphatic carbocycles. The SMILES string of the molecule is CC(C)(C)CC(=O)Nc1cc(=O)[nH]c(=O)[nH]1. The van der Waals surface area contributed by atoms with Gasteiger partial charge in [-0.2, -0.15) is 0 Å². The van der Waals surface area contributed by atoms with Gasteiger partial charge in [0.1, 0.15) is 5.82 Å². The van der Waals surface area contributed by atoms with Gasteiger partial charge < -0.3 is 5.32 Å². The summed E-state index contributed by atoms with van der Waals surface area (Å²) in [5.74, 6) is -0.128. The van der Waals surface area contributed by atoms with Crippen molar-refractivity contribution in [3.8, 4) is 0 Å². The van der Waals surface area contributed by atoms with Crippen molar-refractivity contribution < 1.29 is 4.79 Å². The Labute approximate surface area is 92.1 Å². The molecule has 1 aromatic heterocycles. The van der Waals surface area contributed by atoms with Crippen molar-refractivity contribution in [2.75, 3.05) is 5.32 Å². The molecule has 0 radical (unpaired) electrons. The first-order valence-electron chi connectivity index (χ1n) is 4.90. The smallest absolute Gasteiger partial charge is 0.312 e. The van der Waals surface area contributed by atoms with Crippen LogP contribution in [0.5, 0.6) is 0 Å². The van der Waals surface area contributed by atoms with Crippen LogP contribution in [0.3, 0.4) is 0 Å². The Bertz CT molecular complexity index is 465. The highest BCUT2D eigenvalue weighted by molar-refractivity contribution is 5.89. The largest absolute Gasteiger partial charge is 0.327 e. The lowest BCUT2D eigenvalue weighted by Crippen LogP contribution is -2.26. The van der Waals surface area contributed by atoms with Gasteiger partial charge in [0.05, 0.1) is 0 Å². The summed E-state index contributed by atoms with van der Waals surface area (Å²) in [4.78, 5) is 37.7. The third kappa shape index (κ3) is 4.12. The van der Waals surface area contributed by atoms with Crippen molar-refractivity contribution in [2.24, 2.45) is 5.41 Å². The predicted octanol–water partition coefficient (Wildman–Crippen LogP) is 0.438. The third-order valence-electron chi connectivity index (χ3n) is 1.73. The second kappa shape index (κ2) is 4.34. The number of hydrogen-bond donors (Lipinski definition) is 3. The van der Waals surface area contributed by atoms with Crippen LogP contribution in [0.2, 0.25) is 0 Å². The molecule has 0 fully saturated rings. The molecular formula is C10H15N3O3. The van der Waals surface area contributed by atoms with Crippen LogP contribution in [0.25, 0.3) is 0 Å². The highest BCUT2D eigenvalue weighted by Gasteiger charge is 2.16. The number of anilines is 1. The summed E-state index contributed by atoms with van der Waals surface area (Å²) in [5.41, 5.74) is -1.33. The molecule has 1 amide bonds. The number of aromatic amines is 2. The average Bonchev–Trinajstić information content (AvgIpc) is 1.96. The molecule has 0 bridgehead atoms. The van der Waals surface area contributed by atoms with Gasteiger partial charge in [0.25, 0.3) is 5.56 Å². The highest BCUT2D eigenvalue weighted by atomic mass is 16.2. The van der Waals surface area contributed by atoms with E-state index in [0.717, 1.165) is 6.07 Å². The quantitative estimate of drug-likeness (QED) is 0.681. The van der Waals surface area contributed by atoms with Gasteiger partial charge in [0, 0.05) is 12.5 Å². The predicted molar refractivity (Wildman–Crippen MR) is 60.4 cm³/mol. The van der Waals surface area contributed by atoms with Crippen LogP contribution in [-0.4, -0.2) is 15.9 Å². The van der Waals surface area contributed by atoms with Crippen molar-refractivity contribution in [2.45, 2.75) is 27.2 Å². The third-order valence-corrected chi connectivity index (χ3v) is 1.73. The Morgan fingerprint density at radius 1 is 1.31 bits per heavy atom. The Morgan fingerprint density at radius 3 is 2.44 bits per heavy atom. The van der Waals surface area contributed by atoms with Gasteiger partial charge in [0.15, 0.2) is 0 Å². The maximum Gasteiger partial charge on any atom is 0.327 e. The molecule has 0 spiro atoms. The standard InChI is InChI=1S/C10H15N3O3/c1-10(2,3)5-8(15)11-6-4-7(14)13-9(16)12-6/h4H,5H2,1-3H3,(H3,11,12,13,14,15,16). The fourth-order valence-corrected chi connectivity index (χ4v) is 1.21. The van der Waals surface area contributed by atoms with Crippen LogP contribution in [0.1, 0.15) is 27.2 Å². The maximum atomic E-state index is 11.5. The molecular weight excluding hydrogens is 210 g/mol. The van der Waals surface area contributed by atoms with E-state index in [-0.39, 0.29) is 17.1 Å². The zero-order valence-electron chi connectivity index (χ0n) is 9.51. The number of H-pyrrole nitrogens is 2. The molecule has 1 rings (SSSR count). The van der Waals surface area contributed by atoms with Crippen molar-refractivity contribution in [1.29, 1.82) is 0 Å². The molecule has 0 saturated carbocycles. The van der Waals surface area contributed by atoms with Crippen molar-refractivity contribution in [3.63, 3.8) is 0 Å². The number of hydrogen-bond acceptors (Lipinski definition) is 3. The molecule has 6 nitrogen and oxygen atoms in total. The van der Waals surface area contributed by atoms with Crippen LogP contribution in [0.4, 0.5) is 5.82 Å². The van der Waals surface area contributed by atoms with Crippen LogP contribution < -0.4 is 16.6 Å². The highest BCUT2D eigenvalue weighted by Crippen LogP contribution is 2.18. The normalized spacial score (nSPS) is 11.2. The van der Waals surface area contributed by atoms with Gasteiger partial charge in [-0.3, -0.25) is 19.6 Å². The Kier molecular flexibility index (Phi) is 3.31. The van der Waals surface area contributed by atoms with Crippen LogP contribution in [0, 0.1) is 5.41 Å². The number of rotatable bonds is 2. The molecule has 16 heavy (non-hydrogen) atoms. The second-order valence-electron chi connectivity index (χ2n) is 4.79. The fourth-order valence-electron chi connectivity index (χ4n) is 1.21. The lowest BCUT2D eigenvalue weighted by molar-refractivity contribution is -0.117. The number of carbonyl (C=O) groups is 1. The van der Waals surface area contributed by atoms with E-state index in [1.54, 1.807) is 0 Å². The first-order valence-corrected chi connectivity index (χ1v) is 4.90. The molecule has 0 atom stereocenters. The summed E-state index contributed by atoms with van der Waals surface area (Å²) in [5, 5.41) is 2.47. The zero-order chi connectivity index (χ0) is 12.3. The van der Waals surface area contributed by atoms with Gasteiger partial charge in [-0.1, -0.05) is 20.8 Å². The molecule has 88 valence electrons. The summed E-state index contributed by atoms with van der Waals surface area (Å²) in [6.07, 6.45) is 0.307. The van der Waals surface area contributed by atoms with Gasteiger partial charge in [-0.05, 0) is 5.41 Å². The summed E-state index contributed by atoms with van der Waals surface area (Å²) >= 11 is 0. The van der Waals surface area contributed by atoms with Gasteiger partial charge in [0.2, 0.25) is 5.91 Å². The summed E-state index contributed by atoms with van der Waals surface area (Å²) in [6.45, 7) is 5.77. The van der Waals surface area contributed by atoms with E-state index in [9.17, 15) is 14.4 Å². The summed E-state index contributed by atoms with van der Waals surface area (Å²) < 4.78 is 0. The second-order valence-corrected chi connectivity index (χ2v) is 4.79. The van der Waals surface area contributed by atoms with E-state index in [0.29, 0.717) is 6.42 Å². The van der Waals surface area contributed by atoms with Crippen molar-refractivity contribution in [1.82, 2.24) is 9.97 Å². The van der Waals surface area contributed by atoms with E-state index in [1.165, 1.54) is 0 Å². The topological polar surface area (TPSA) is 94.8 Å². The summed E-state index contributed by atoms with van der Waals surface area (Å²) in [6, 6.07) is 1.13. The lowest BCUT2D eigenvalue weighted by atomic mass is 9.92. The fraction of sp³-hybridized carbons (Fsp3) is 0.500. The van der Waals surface area contributed by atoms with Gasteiger partial charge in [-0.25, -0.2) is 4.79 Å². The van der Waals surface area contributed by atoms with Crippen LogP contribution in [-0.2, 0) is 4.79 Å². The lowest BCUT2D eigenvalue weighted by Gasteiger charge is -2.16. The Morgan fingerprint density at radius 2 is 1.94 bits per heavy atom. The molecule has 0 saturated heterocycles. The number of nitrogens with one attached hydrogen (secondary N) is 3. The molecule has 3 N–H and O–H groups in total. The number of aromatic nitrogens is 2. The van der Waals surface area contributed by atoms with E-state index in [4.69, 9.17) is 0 Å².